The van der Waals surface area contributed by atoms with Crippen LogP contribution in [0.3, 0.4) is 0 Å². The number of pyridine rings is 1. The van der Waals surface area contributed by atoms with Crippen molar-refractivity contribution in [1.29, 1.82) is 0 Å². The lowest BCUT2D eigenvalue weighted by atomic mass is 10.1. The first-order chi connectivity index (χ1) is 20.6. The second-order valence-electron chi connectivity index (χ2n) is 12.8. The Balaban J connectivity index is 1.15. The van der Waals surface area contributed by atoms with Gasteiger partial charge in [-0.3, -0.25) is 0 Å². The molecule has 0 atom stereocenters. The number of nitrogens with one attached hydrogen (secondary N) is 1. The van der Waals surface area contributed by atoms with Crippen molar-refractivity contribution in [3.63, 3.8) is 0 Å². The van der Waals surface area contributed by atoms with Gasteiger partial charge in [0.25, 0.3) is 0 Å². The van der Waals surface area contributed by atoms with Crippen molar-refractivity contribution >= 4 is 44.2 Å². The Hall–Kier alpha value is -2.91. The van der Waals surface area contributed by atoms with Crippen LogP contribution in [0.15, 0.2) is 42.5 Å². The minimum Gasteiger partial charge on any atom is -0.385 e. The van der Waals surface area contributed by atoms with Crippen LogP contribution in [0.1, 0.15) is 19.3 Å². The number of hydrogen-bond acceptors (Lipinski definition) is 7. The Labute approximate surface area is 250 Å². The number of aryl methyl sites for hydroxylation is 1. The van der Waals surface area contributed by atoms with E-state index in [0.717, 1.165) is 50.1 Å². The molecule has 4 aromatic rings. The van der Waals surface area contributed by atoms with Crippen LogP contribution in [-0.2, 0) is 6.54 Å². The van der Waals surface area contributed by atoms with E-state index in [0.29, 0.717) is 0 Å². The Bertz CT molecular complexity index is 1510. The molecule has 1 N–H and O–H groups in total. The quantitative estimate of drug-likeness (QED) is 0.303. The van der Waals surface area contributed by atoms with Gasteiger partial charge in [0, 0.05) is 95.0 Å². The molecule has 0 radical (unpaired) electrons. The number of piperazine rings is 2. The third-order valence-electron chi connectivity index (χ3n) is 9.85. The standard InChI is InChI=1S/C34H48N8/c1-37-18-22-39(23-19-37)13-5-12-35-27-10-11-28-30(26-27)36-32-29-8-3-4-9-31(29)42-17-7-16-41(33(28)34(32)42)15-6-14-40-24-20-38(2)21-25-40/h3-4,8-11,26,35H,5-7,12-25H2,1-2H3. The largest absolute Gasteiger partial charge is 0.385 e. The number of benzene rings is 2. The van der Waals surface area contributed by atoms with Crippen molar-refractivity contribution in [3.8, 4) is 0 Å². The van der Waals surface area contributed by atoms with Gasteiger partial charge in [0.05, 0.1) is 27.8 Å². The van der Waals surface area contributed by atoms with Gasteiger partial charge in [0.2, 0.25) is 0 Å². The first-order valence-electron chi connectivity index (χ1n) is 16.3. The van der Waals surface area contributed by atoms with E-state index in [1.54, 1.807) is 0 Å². The molecule has 42 heavy (non-hydrogen) atoms. The van der Waals surface area contributed by atoms with Gasteiger partial charge < -0.3 is 34.4 Å². The third kappa shape index (κ3) is 5.70. The Morgan fingerprint density at radius 3 is 2.19 bits per heavy atom. The van der Waals surface area contributed by atoms with Gasteiger partial charge in [-0.15, -0.1) is 0 Å². The van der Waals surface area contributed by atoms with Crippen molar-refractivity contribution in [1.82, 2.24) is 29.2 Å². The zero-order chi connectivity index (χ0) is 28.5. The molecule has 0 unspecified atom stereocenters. The Morgan fingerprint density at radius 1 is 0.714 bits per heavy atom. The lowest BCUT2D eigenvalue weighted by molar-refractivity contribution is 0.153. The molecule has 7 rings (SSSR count). The van der Waals surface area contributed by atoms with Crippen LogP contribution in [0.25, 0.3) is 32.8 Å². The molecular formula is C34H48N8. The lowest BCUT2D eigenvalue weighted by Crippen LogP contribution is -2.45. The van der Waals surface area contributed by atoms with Crippen LogP contribution in [0.4, 0.5) is 11.4 Å². The molecule has 3 aliphatic heterocycles. The minimum atomic E-state index is 0.991. The number of nitrogens with zero attached hydrogens (tertiary/aromatic N) is 7. The number of aromatic nitrogens is 2. The zero-order valence-electron chi connectivity index (χ0n) is 25.7. The van der Waals surface area contributed by atoms with Crippen LogP contribution in [0.5, 0.6) is 0 Å². The van der Waals surface area contributed by atoms with E-state index in [2.05, 4.69) is 90.9 Å². The van der Waals surface area contributed by atoms with E-state index < -0.39 is 0 Å². The van der Waals surface area contributed by atoms with E-state index >= 15 is 0 Å². The monoisotopic (exact) mass is 568 g/mol. The van der Waals surface area contributed by atoms with Gasteiger partial charge in [0.15, 0.2) is 0 Å². The summed E-state index contributed by atoms with van der Waals surface area (Å²) in [5, 5.41) is 6.29. The molecule has 0 spiro atoms. The molecule has 224 valence electrons. The second kappa shape index (κ2) is 12.4. The fourth-order valence-corrected chi connectivity index (χ4v) is 7.29. The molecular weight excluding hydrogens is 520 g/mol. The smallest absolute Gasteiger partial charge is 0.0988 e. The predicted octanol–water partition coefficient (Wildman–Crippen LogP) is 4.24. The molecule has 2 saturated heterocycles. The van der Waals surface area contributed by atoms with Gasteiger partial charge in [-0.1, -0.05) is 18.2 Å². The highest BCUT2D eigenvalue weighted by atomic mass is 15.3. The molecule has 0 bridgehead atoms. The maximum absolute atomic E-state index is 5.36. The fourth-order valence-electron chi connectivity index (χ4n) is 7.29. The highest BCUT2D eigenvalue weighted by molar-refractivity contribution is 6.17. The molecule has 8 nitrogen and oxygen atoms in total. The van der Waals surface area contributed by atoms with Crippen LogP contribution in [-0.4, -0.2) is 128 Å². The first-order valence-corrected chi connectivity index (χ1v) is 16.3. The van der Waals surface area contributed by atoms with E-state index in [1.807, 2.05) is 0 Å². The van der Waals surface area contributed by atoms with Gasteiger partial charge in [-0.05, 0) is 70.7 Å². The average Bonchev–Trinajstić information content (AvgIpc) is 3.18. The minimum absolute atomic E-state index is 0.991. The summed E-state index contributed by atoms with van der Waals surface area (Å²) in [6.45, 7) is 16.1. The van der Waals surface area contributed by atoms with Crippen molar-refractivity contribution in [2.24, 2.45) is 0 Å². The summed E-state index contributed by atoms with van der Waals surface area (Å²) < 4.78 is 2.55. The molecule has 0 saturated carbocycles. The molecule has 2 aromatic carbocycles. The number of likely N-dealkylation sites (N-methyl/N-ethyl adjacent to an activating group) is 2. The number of para-hydroxylation sites is 1. The summed E-state index contributed by atoms with van der Waals surface area (Å²) in [5.41, 5.74) is 7.48. The number of hydrogen-bond donors (Lipinski definition) is 1. The normalized spacial score (nSPS) is 19.7. The van der Waals surface area contributed by atoms with Crippen molar-refractivity contribution in [2.45, 2.75) is 25.8 Å². The van der Waals surface area contributed by atoms with E-state index in [4.69, 9.17) is 4.98 Å². The van der Waals surface area contributed by atoms with Crippen LogP contribution >= 0.6 is 0 Å². The molecule has 2 fully saturated rings. The van der Waals surface area contributed by atoms with Gasteiger partial charge in [-0.2, -0.15) is 0 Å². The number of rotatable bonds is 9. The summed E-state index contributed by atoms with van der Waals surface area (Å²) in [6, 6.07) is 15.8. The summed E-state index contributed by atoms with van der Waals surface area (Å²) in [7, 11) is 4.46. The molecule has 5 heterocycles. The van der Waals surface area contributed by atoms with Gasteiger partial charge in [-0.25, -0.2) is 4.98 Å². The van der Waals surface area contributed by atoms with Crippen LogP contribution < -0.4 is 10.2 Å². The van der Waals surface area contributed by atoms with E-state index in [9.17, 15) is 0 Å². The highest BCUT2D eigenvalue weighted by Gasteiger charge is 2.25. The lowest BCUT2D eigenvalue weighted by Gasteiger charge is -2.33. The number of anilines is 2. The van der Waals surface area contributed by atoms with Gasteiger partial charge >= 0.3 is 0 Å². The molecule has 3 aliphatic rings. The molecule has 0 amide bonds. The van der Waals surface area contributed by atoms with Crippen LogP contribution in [0.2, 0.25) is 0 Å². The Kier molecular flexibility index (Phi) is 8.21. The summed E-state index contributed by atoms with van der Waals surface area (Å²) >= 11 is 0. The summed E-state index contributed by atoms with van der Waals surface area (Å²) in [5.74, 6) is 0. The SMILES string of the molecule is CN1CCN(CCCNc2ccc3c4c5c(nc3c2)c2ccccc2n5CCCN4CCCN2CCN(C)CC2)CC1. The summed E-state index contributed by atoms with van der Waals surface area (Å²) in [6.07, 6.45) is 3.52. The fraction of sp³-hybridized carbons (Fsp3) is 0.559. The first kappa shape index (κ1) is 27.9. The van der Waals surface area contributed by atoms with Crippen LogP contribution in [0, 0.1) is 0 Å². The van der Waals surface area contributed by atoms with Crippen molar-refractivity contribution < 1.29 is 0 Å². The van der Waals surface area contributed by atoms with E-state index in [-0.39, 0.29) is 0 Å². The Morgan fingerprint density at radius 2 is 1.43 bits per heavy atom. The number of fused-ring (bicyclic) bond motifs is 5. The molecule has 0 aliphatic carbocycles. The third-order valence-corrected chi connectivity index (χ3v) is 9.85. The van der Waals surface area contributed by atoms with Crippen molar-refractivity contribution in [3.05, 3.63) is 42.5 Å². The van der Waals surface area contributed by atoms with Crippen molar-refractivity contribution in [2.75, 3.05) is 109 Å². The highest BCUT2D eigenvalue weighted by Crippen LogP contribution is 2.41. The maximum atomic E-state index is 5.36. The maximum Gasteiger partial charge on any atom is 0.0988 e. The zero-order valence-corrected chi connectivity index (χ0v) is 25.7. The second-order valence-corrected chi connectivity index (χ2v) is 12.8. The summed E-state index contributed by atoms with van der Waals surface area (Å²) in [4.78, 5) is 18.2. The predicted molar refractivity (Wildman–Crippen MR) is 177 cm³/mol. The van der Waals surface area contributed by atoms with Gasteiger partial charge in [0.1, 0.15) is 0 Å². The van der Waals surface area contributed by atoms with E-state index in [1.165, 1.54) is 105 Å². The average molecular weight is 569 g/mol. The molecule has 8 heteroatoms. The topological polar surface area (TPSA) is 46.1 Å². The molecule has 2 aromatic heterocycles.